The van der Waals surface area contributed by atoms with Crippen molar-refractivity contribution in [3.8, 4) is 0 Å². The minimum atomic E-state index is 0.926. The van der Waals surface area contributed by atoms with Crippen LogP contribution in [0.5, 0.6) is 0 Å². The zero-order chi connectivity index (χ0) is 12.6. The third-order valence-corrected chi connectivity index (χ3v) is 3.12. The Morgan fingerprint density at radius 3 is 2.94 bits per heavy atom. The lowest BCUT2D eigenvalue weighted by Gasteiger charge is -2.03. The second kappa shape index (κ2) is 7.11. The molecule has 98 valence electrons. The molecule has 0 saturated carbocycles. The van der Waals surface area contributed by atoms with Crippen molar-refractivity contribution in [3.63, 3.8) is 0 Å². The van der Waals surface area contributed by atoms with Crippen LogP contribution >= 0.6 is 0 Å². The molecule has 0 aliphatic heterocycles. The summed E-state index contributed by atoms with van der Waals surface area (Å²) in [5.41, 5.74) is 0.926. The second-order valence-electron chi connectivity index (χ2n) is 4.61. The van der Waals surface area contributed by atoms with Crippen molar-refractivity contribution in [2.45, 2.75) is 39.0 Å². The third-order valence-electron chi connectivity index (χ3n) is 3.12. The maximum absolute atomic E-state index is 4.22. The first-order valence-electron chi connectivity index (χ1n) is 6.91. The topological polar surface area (TPSA) is 42.2 Å². The van der Waals surface area contributed by atoms with Crippen LogP contribution in [-0.2, 0) is 6.42 Å². The Morgan fingerprint density at radius 1 is 1.11 bits per heavy atom. The number of nitrogens with zero attached hydrogens (tertiary/aromatic N) is 3. The SMILES string of the molecule is CCCCCCNCCc1nnc2ccccn12. The van der Waals surface area contributed by atoms with Gasteiger partial charge in [-0.25, -0.2) is 0 Å². The van der Waals surface area contributed by atoms with Gasteiger partial charge in [0.2, 0.25) is 0 Å². The standard InChI is InChI=1S/C14H22N4/c1-2-3-4-6-10-15-11-9-14-17-16-13-8-5-7-12-18(13)14/h5,7-8,12,15H,2-4,6,9-11H2,1H3. The summed E-state index contributed by atoms with van der Waals surface area (Å²) in [7, 11) is 0. The van der Waals surface area contributed by atoms with E-state index >= 15 is 0 Å². The van der Waals surface area contributed by atoms with E-state index < -0.39 is 0 Å². The predicted molar refractivity (Wildman–Crippen MR) is 73.7 cm³/mol. The fourth-order valence-corrected chi connectivity index (χ4v) is 2.06. The number of hydrogen-bond donors (Lipinski definition) is 1. The van der Waals surface area contributed by atoms with Crippen molar-refractivity contribution < 1.29 is 0 Å². The van der Waals surface area contributed by atoms with Gasteiger partial charge < -0.3 is 5.32 Å². The van der Waals surface area contributed by atoms with Crippen molar-refractivity contribution in [2.75, 3.05) is 13.1 Å². The van der Waals surface area contributed by atoms with Crippen LogP contribution < -0.4 is 5.32 Å². The molecule has 18 heavy (non-hydrogen) atoms. The number of nitrogens with one attached hydrogen (secondary N) is 1. The normalized spacial score (nSPS) is 11.2. The molecular formula is C14H22N4. The summed E-state index contributed by atoms with van der Waals surface area (Å²) in [6.07, 6.45) is 8.19. The monoisotopic (exact) mass is 246 g/mol. The molecule has 1 N–H and O–H groups in total. The summed E-state index contributed by atoms with van der Waals surface area (Å²) in [6.45, 7) is 4.32. The largest absolute Gasteiger partial charge is 0.316 e. The lowest BCUT2D eigenvalue weighted by Crippen LogP contribution is -2.19. The van der Waals surface area contributed by atoms with Crippen molar-refractivity contribution in [2.24, 2.45) is 0 Å². The zero-order valence-corrected chi connectivity index (χ0v) is 11.1. The highest BCUT2D eigenvalue weighted by Gasteiger charge is 2.03. The molecule has 2 heterocycles. The van der Waals surface area contributed by atoms with Gasteiger partial charge in [-0.15, -0.1) is 10.2 Å². The van der Waals surface area contributed by atoms with E-state index in [1.54, 1.807) is 0 Å². The van der Waals surface area contributed by atoms with E-state index in [2.05, 4.69) is 26.8 Å². The minimum absolute atomic E-state index is 0.926. The molecule has 2 rings (SSSR count). The van der Waals surface area contributed by atoms with Crippen LogP contribution in [0.2, 0.25) is 0 Å². The Hall–Kier alpha value is -1.42. The van der Waals surface area contributed by atoms with Gasteiger partial charge >= 0.3 is 0 Å². The first-order chi connectivity index (χ1) is 8.92. The van der Waals surface area contributed by atoms with Gasteiger partial charge in [-0.2, -0.15) is 0 Å². The van der Waals surface area contributed by atoms with Crippen LogP contribution in [-0.4, -0.2) is 27.7 Å². The van der Waals surface area contributed by atoms with Crippen LogP contribution in [0.4, 0.5) is 0 Å². The van der Waals surface area contributed by atoms with E-state index in [4.69, 9.17) is 0 Å². The fourth-order valence-electron chi connectivity index (χ4n) is 2.06. The van der Waals surface area contributed by atoms with Gasteiger partial charge in [0.15, 0.2) is 5.65 Å². The molecule has 2 aromatic heterocycles. The van der Waals surface area contributed by atoms with Crippen LogP contribution in [0.25, 0.3) is 5.65 Å². The van der Waals surface area contributed by atoms with Crippen LogP contribution in [0.1, 0.15) is 38.4 Å². The second-order valence-corrected chi connectivity index (χ2v) is 4.61. The average Bonchev–Trinajstić information content (AvgIpc) is 2.81. The summed E-state index contributed by atoms with van der Waals surface area (Å²) < 4.78 is 2.05. The van der Waals surface area contributed by atoms with Gasteiger partial charge in [0, 0.05) is 19.2 Å². The van der Waals surface area contributed by atoms with Crippen LogP contribution in [0.3, 0.4) is 0 Å². The molecule has 0 spiro atoms. The Labute approximate surface area is 108 Å². The number of pyridine rings is 1. The highest BCUT2D eigenvalue weighted by atomic mass is 15.2. The number of fused-ring (bicyclic) bond motifs is 1. The highest BCUT2D eigenvalue weighted by Crippen LogP contribution is 2.03. The minimum Gasteiger partial charge on any atom is -0.316 e. The summed E-state index contributed by atoms with van der Waals surface area (Å²) in [6, 6.07) is 5.98. The first kappa shape index (κ1) is 13.0. The quantitative estimate of drug-likeness (QED) is 0.727. The Kier molecular flexibility index (Phi) is 5.15. The summed E-state index contributed by atoms with van der Waals surface area (Å²) in [5.74, 6) is 1.03. The molecule has 0 bridgehead atoms. The maximum atomic E-state index is 4.22. The predicted octanol–water partition coefficient (Wildman–Crippen LogP) is 2.44. The van der Waals surface area contributed by atoms with Gasteiger partial charge in [-0.3, -0.25) is 4.40 Å². The number of rotatable bonds is 8. The summed E-state index contributed by atoms with van der Waals surface area (Å²) in [4.78, 5) is 0. The van der Waals surface area contributed by atoms with Crippen molar-refractivity contribution >= 4 is 5.65 Å². The average molecular weight is 246 g/mol. The zero-order valence-electron chi connectivity index (χ0n) is 11.1. The van der Waals surface area contributed by atoms with Crippen molar-refractivity contribution in [1.82, 2.24) is 19.9 Å². The Morgan fingerprint density at radius 2 is 2.06 bits per heavy atom. The molecular weight excluding hydrogens is 224 g/mol. The Bertz CT molecular complexity index is 464. The van der Waals surface area contributed by atoms with Crippen molar-refractivity contribution in [3.05, 3.63) is 30.2 Å². The molecule has 0 aromatic carbocycles. The van der Waals surface area contributed by atoms with E-state index in [0.717, 1.165) is 31.0 Å². The van der Waals surface area contributed by atoms with Gasteiger partial charge in [-0.05, 0) is 25.1 Å². The molecule has 0 atom stereocenters. The van der Waals surface area contributed by atoms with Gasteiger partial charge in [0.25, 0.3) is 0 Å². The molecule has 0 amide bonds. The van der Waals surface area contributed by atoms with E-state index in [0.29, 0.717) is 0 Å². The number of unbranched alkanes of at least 4 members (excludes halogenated alkanes) is 3. The molecule has 0 fully saturated rings. The fraction of sp³-hybridized carbons (Fsp3) is 0.571. The Balaban J connectivity index is 1.70. The molecule has 0 aliphatic rings. The van der Waals surface area contributed by atoms with E-state index in [1.807, 2.05) is 24.4 Å². The lowest BCUT2D eigenvalue weighted by molar-refractivity contribution is 0.593. The van der Waals surface area contributed by atoms with Crippen molar-refractivity contribution in [1.29, 1.82) is 0 Å². The molecule has 0 radical (unpaired) electrons. The summed E-state index contributed by atoms with van der Waals surface area (Å²) in [5, 5.41) is 11.8. The third kappa shape index (κ3) is 3.53. The van der Waals surface area contributed by atoms with Crippen LogP contribution in [0, 0.1) is 0 Å². The van der Waals surface area contributed by atoms with E-state index in [9.17, 15) is 0 Å². The smallest absolute Gasteiger partial charge is 0.160 e. The number of aromatic nitrogens is 3. The first-order valence-corrected chi connectivity index (χ1v) is 6.91. The van der Waals surface area contributed by atoms with Gasteiger partial charge in [0.1, 0.15) is 5.82 Å². The molecule has 0 saturated heterocycles. The maximum Gasteiger partial charge on any atom is 0.160 e. The van der Waals surface area contributed by atoms with Crippen LogP contribution in [0.15, 0.2) is 24.4 Å². The summed E-state index contributed by atoms with van der Waals surface area (Å²) >= 11 is 0. The molecule has 4 nitrogen and oxygen atoms in total. The molecule has 0 unspecified atom stereocenters. The molecule has 0 aliphatic carbocycles. The lowest BCUT2D eigenvalue weighted by atomic mass is 10.2. The highest BCUT2D eigenvalue weighted by molar-refractivity contribution is 5.36. The van der Waals surface area contributed by atoms with Gasteiger partial charge in [0.05, 0.1) is 0 Å². The van der Waals surface area contributed by atoms with E-state index in [-0.39, 0.29) is 0 Å². The molecule has 4 heteroatoms. The van der Waals surface area contributed by atoms with Gasteiger partial charge in [-0.1, -0.05) is 32.3 Å². The van der Waals surface area contributed by atoms with E-state index in [1.165, 1.54) is 25.7 Å². The molecule has 2 aromatic rings. The number of hydrogen-bond acceptors (Lipinski definition) is 3.